The molecule has 1 fully saturated rings. The van der Waals surface area contributed by atoms with Crippen molar-refractivity contribution in [2.24, 2.45) is 0 Å². The second-order valence-electron chi connectivity index (χ2n) is 4.84. The summed E-state index contributed by atoms with van der Waals surface area (Å²) in [7, 11) is 1.64. The summed E-state index contributed by atoms with van der Waals surface area (Å²) >= 11 is 0. The Balaban J connectivity index is 2.07. The molecule has 4 heteroatoms. The molecule has 2 rings (SSSR count). The number of rotatable bonds is 5. The van der Waals surface area contributed by atoms with Gasteiger partial charge in [-0.15, -0.1) is 0 Å². The summed E-state index contributed by atoms with van der Waals surface area (Å²) in [5.41, 5.74) is 0.953. The standard InChI is InChI=1S/C15H22N2O2/c1-3-10-16-14-5-4-11-17(15(14)18)12-6-8-13(19-2)9-7-12/h6-9,14,16H,3-5,10-11H2,1-2H3. The van der Waals surface area contributed by atoms with Crippen LogP contribution in [0.3, 0.4) is 0 Å². The molecule has 1 aromatic carbocycles. The summed E-state index contributed by atoms with van der Waals surface area (Å²) in [6.45, 7) is 3.81. The SMILES string of the molecule is CCCNC1CCCN(c2ccc(OC)cc2)C1=O. The Labute approximate surface area is 114 Å². The van der Waals surface area contributed by atoms with E-state index in [2.05, 4.69) is 12.2 Å². The molecule has 0 bridgehead atoms. The second-order valence-corrected chi connectivity index (χ2v) is 4.84. The fraction of sp³-hybridized carbons (Fsp3) is 0.533. The topological polar surface area (TPSA) is 41.6 Å². The van der Waals surface area contributed by atoms with Gasteiger partial charge in [-0.3, -0.25) is 4.79 Å². The first kappa shape index (κ1) is 13.9. The normalized spacial score (nSPS) is 19.6. The molecule has 4 nitrogen and oxygen atoms in total. The minimum Gasteiger partial charge on any atom is -0.497 e. The van der Waals surface area contributed by atoms with E-state index in [-0.39, 0.29) is 11.9 Å². The van der Waals surface area contributed by atoms with E-state index in [1.165, 1.54) is 0 Å². The zero-order valence-electron chi connectivity index (χ0n) is 11.7. The van der Waals surface area contributed by atoms with E-state index in [1.54, 1.807) is 7.11 Å². The van der Waals surface area contributed by atoms with E-state index in [4.69, 9.17) is 4.74 Å². The lowest BCUT2D eigenvalue weighted by Crippen LogP contribution is -2.51. The first-order valence-electron chi connectivity index (χ1n) is 6.95. The lowest BCUT2D eigenvalue weighted by atomic mass is 10.0. The first-order valence-corrected chi connectivity index (χ1v) is 6.95. The van der Waals surface area contributed by atoms with Crippen LogP contribution in [0.5, 0.6) is 5.75 Å². The summed E-state index contributed by atoms with van der Waals surface area (Å²) in [6.07, 6.45) is 3.02. The smallest absolute Gasteiger partial charge is 0.244 e. The maximum atomic E-state index is 12.4. The Morgan fingerprint density at radius 2 is 2.11 bits per heavy atom. The molecule has 0 spiro atoms. The van der Waals surface area contributed by atoms with E-state index in [0.29, 0.717) is 0 Å². The van der Waals surface area contributed by atoms with Crippen LogP contribution in [0.15, 0.2) is 24.3 Å². The fourth-order valence-corrected chi connectivity index (χ4v) is 2.40. The predicted octanol–water partition coefficient (Wildman–Crippen LogP) is 2.19. The van der Waals surface area contributed by atoms with E-state index < -0.39 is 0 Å². The zero-order valence-corrected chi connectivity index (χ0v) is 11.7. The van der Waals surface area contributed by atoms with Crippen molar-refractivity contribution in [1.82, 2.24) is 5.32 Å². The average molecular weight is 262 g/mol. The number of carbonyl (C=O) groups is 1. The molecule has 1 aliphatic heterocycles. The molecule has 1 saturated heterocycles. The van der Waals surface area contributed by atoms with E-state index in [9.17, 15) is 4.79 Å². The average Bonchev–Trinajstić information content (AvgIpc) is 2.46. The number of hydrogen-bond acceptors (Lipinski definition) is 3. The van der Waals surface area contributed by atoms with Gasteiger partial charge in [0.1, 0.15) is 5.75 Å². The van der Waals surface area contributed by atoms with Gasteiger partial charge in [-0.1, -0.05) is 6.92 Å². The van der Waals surface area contributed by atoms with Crippen LogP contribution in [-0.2, 0) is 4.79 Å². The number of benzene rings is 1. The third-order valence-corrected chi connectivity index (χ3v) is 3.46. The number of ether oxygens (including phenoxy) is 1. The van der Waals surface area contributed by atoms with Crippen molar-refractivity contribution in [3.05, 3.63) is 24.3 Å². The van der Waals surface area contributed by atoms with E-state index in [0.717, 1.165) is 43.8 Å². The Hall–Kier alpha value is -1.55. The molecule has 1 aromatic rings. The quantitative estimate of drug-likeness (QED) is 0.884. The number of piperidine rings is 1. The fourth-order valence-electron chi connectivity index (χ4n) is 2.40. The van der Waals surface area contributed by atoms with Gasteiger partial charge >= 0.3 is 0 Å². The van der Waals surface area contributed by atoms with Crippen LogP contribution >= 0.6 is 0 Å². The molecule has 1 N–H and O–H groups in total. The van der Waals surface area contributed by atoms with Crippen molar-refractivity contribution in [3.63, 3.8) is 0 Å². The van der Waals surface area contributed by atoms with Crippen LogP contribution in [0.1, 0.15) is 26.2 Å². The van der Waals surface area contributed by atoms with Gasteiger partial charge in [-0.25, -0.2) is 0 Å². The number of carbonyl (C=O) groups excluding carboxylic acids is 1. The van der Waals surface area contributed by atoms with Gasteiger partial charge in [0.2, 0.25) is 5.91 Å². The van der Waals surface area contributed by atoms with Gasteiger partial charge in [-0.2, -0.15) is 0 Å². The maximum absolute atomic E-state index is 12.4. The number of hydrogen-bond donors (Lipinski definition) is 1. The zero-order chi connectivity index (χ0) is 13.7. The van der Waals surface area contributed by atoms with Crippen LogP contribution in [0.25, 0.3) is 0 Å². The van der Waals surface area contributed by atoms with Crippen molar-refractivity contribution < 1.29 is 9.53 Å². The van der Waals surface area contributed by atoms with Crippen LogP contribution < -0.4 is 15.0 Å². The summed E-state index contributed by atoms with van der Waals surface area (Å²) in [4.78, 5) is 14.3. The highest BCUT2D eigenvalue weighted by atomic mass is 16.5. The molecule has 1 heterocycles. The molecule has 1 aliphatic rings. The highest BCUT2D eigenvalue weighted by molar-refractivity contribution is 5.97. The van der Waals surface area contributed by atoms with Crippen molar-refractivity contribution in [2.45, 2.75) is 32.2 Å². The van der Waals surface area contributed by atoms with E-state index in [1.807, 2.05) is 29.2 Å². The maximum Gasteiger partial charge on any atom is 0.244 e. The van der Waals surface area contributed by atoms with Crippen LogP contribution in [-0.4, -0.2) is 32.1 Å². The number of amides is 1. The van der Waals surface area contributed by atoms with Gasteiger partial charge in [0.25, 0.3) is 0 Å². The van der Waals surface area contributed by atoms with Gasteiger partial charge in [0.05, 0.1) is 13.2 Å². The molecule has 19 heavy (non-hydrogen) atoms. The number of anilines is 1. The molecular weight excluding hydrogens is 240 g/mol. The van der Waals surface area contributed by atoms with Crippen LogP contribution in [0, 0.1) is 0 Å². The molecular formula is C15H22N2O2. The minimum atomic E-state index is -0.0317. The minimum absolute atomic E-state index is 0.0317. The molecule has 1 unspecified atom stereocenters. The van der Waals surface area contributed by atoms with Gasteiger partial charge in [-0.05, 0) is 50.1 Å². The number of nitrogens with one attached hydrogen (secondary N) is 1. The molecule has 0 radical (unpaired) electrons. The first-order chi connectivity index (χ1) is 9.26. The molecule has 1 amide bonds. The Morgan fingerprint density at radius 1 is 1.37 bits per heavy atom. The van der Waals surface area contributed by atoms with Crippen LogP contribution in [0.2, 0.25) is 0 Å². The van der Waals surface area contributed by atoms with Crippen molar-refractivity contribution in [1.29, 1.82) is 0 Å². The summed E-state index contributed by atoms with van der Waals surface area (Å²) < 4.78 is 5.14. The van der Waals surface area contributed by atoms with Gasteiger partial charge in [0.15, 0.2) is 0 Å². The number of methoxy groups -OCH3 is 1. The van der Waals surface area contributed by atoms with Crippen molar-refractivity contribution >= 4 is 11.6 Å². The summed E-state index contributed by atoms with van der Waals surface area (Å²) in [6, 6.07) is 7.64. The molecule has 0 saturated carbocycles. The Kier molecular flexibility index (Phi) is 4.80. The Bertz CT molecular complexity index is 417. The van der Waals surface area contributed by atoms with Gasteiger partial charge < -0.3 is 15.0 Å². The Morgan fingerprint density at radius 3 is 2.74 bits per heavy atom. The van der Waals surface area contributed by atoms with E-state index >= 15 is 0 Å². The summed E-state index contributed by atoms with van der Waals surface area (Å²) in [5, 5.41) is 3.33. The molecule has 0 aromatic heterocycles. The lowest BCUT2D eigenvalue weighted by Gasteiger charge is -2.32. The second kappa shape index (κ2) is 6.57. The highest BCUT2D eigenvalue weighted by Gasteiger charge is 2.28. The lowest BCUT2D eigenvalue weighted by molar-refractivity contribution is -0.121. The van der Waals surface area contributed by atoms with Crippen LogP contribution in [0.4, 0.5) is 5.69 Å². The molecule has 0 aliphatic carbocycles. The number of nitrogens with zero attached hydrogens (tertiary/aromatic N) is 1. The highest BCUT2D eigenvalue weighted by Crippen LogP contribution is 2.23. The third kappa shape index (κ3) is 3.26. The monoisotopic (exact) mass is 262 g/mol. The third-order valence-electron chi connectivity index (χ3n) is 3.46. The summed E-state index contributed by atoms with van der Waals surface area (Å²) in [5.74, 6) is 0.999. The molecule has 1 atom stereocenters. The van der Waals surface area contributed by atoms with Gasteiger partial charge in [0, 0.05) is 12.2 Å². The largest absolute Gasteiger partial charge is 0.497 e. The molecule has 104 valence electrons. The van der Waals surface area contributed by atoms with Crippen molar-refractivity contribution in [2.75, 3.05) is 25.1 Å². The van der Waals surface area contributed by atoms with Crippen molar-refractivity contribution in [3.8, 4) is 5.75 Å². The predicted molar refractivity (Wildman–Crippen MR) is 76.7 cm³/mol.